The Kier molecular flexibility index (Phi) is 7.06. The van der Waals surface area contributed by atoms with Crippen molar-refractivity contribution in [3.63, 3.8) is 0 Å². The number of terminal acetylenes is 1. The van der Waals surface area contributed by atoms with Gasteiger partial charge in [-0.15, -0.1) is 12.3 Å². The zero-order chi connectivity index (χ0) is 20.8. The van der Waals surface area contributed by atoms with Crippen molar-refractivity contribution < 1.29 is 6.22 Å². The number of ketones is 1. The van der Waals surface area contributed by atoms with Crippen molar-refractivity contribution >= 4 is 5.78 Å². The second-order valence-corrected chi connectivity index (χ2v) is 9.22. The highest BCUT2D eigenvalue weighted by Gasteiger charge is 2.27. The first-order valence-corrected chi connectivity index (χ1v) is 11.9. The lowest BCUT2D eigenvalue weighted by atomic mass is 9.79. The van der Waals surface area contributed by atoms with Crippen molar-refractivity contribution in [1.29, 1.82) is 0 Å². The molecule has 0 spiro atoms. The fourth-order valence-electron chi connectivity index (χ4n) is 5.45. The minimum Gasteiger partial charge on any atom is -0.294 e. The molecule has 158 valence electrons. The average molecular weight is 401 g/mol. The topological polar surface area (TPSA) is 17.1 Å². The first kappa shape index (κ1) is 20.9. The average Bonchev–Trinajstić information content (AvgIpc) is 3.02. The molecule has 2 unspecified atom stereocenters. The van der Waals surface area contributed by atoms with Crippen LogP contribution in [0, 0.1) is 24.2 Å². The number of allylic oxidation sites excluding steroid dienone is 6. The third-order valence-corrected chi connectivity index (χ3v) is 7.18. The predicted molar refractivity (Wildman–Crippen MR) is 128 cm³/mol. The van der Waals surface area contributed by atoms with Crippen LogP contribution < -0.4 is 0 Å². The van der Waals surface area contributed by atoms with E-state index in [1.165, 1.54) is 50.5 Å². The summed E-state index contributed by atoms with van der Waals surface area (Å²) in [5.74, 6) is 4.00. The number of fused-ring (bicyclic) bond motifs is 1. The fourth-order valence-corrected chi connectivity index (χ4v) is 5.45. The summed E-state index contributed by atoms with van der Waals surface area (Å²) in [5.41, 5.74) is 6.50. The van der Waals surface area contributed by atoms with E-state index in [9.17, 15) is 4.79 Å². The van der Waals surface area contributed by atoms with Gasteiger partial charge in [-0.2, -0.15) is 0 Å². The lowest BCUT2D eigenvalue weighted by Crippen LogP contribution is -2.22. The Bertz CT molecular complexity index is 911. The van der Waals surface area contributed by atoms with Gasteiger partial charge in [-0.3, -0.25) is 4.79 Å². The molecule has 3 aliphatic rings. The highest BCUT2D eigenvalue weighted by atomic mass is 16.1. The van der Waals surface area contributed by atoms with E-state index in [-0.39, 0.29) is 7.34 Å². The highest BCUT2D eigenvalue weighted by molar-refractivity contribution is 6.00. The Hall–Kier alpha value is -2.33. The van der Waals surface area contributed by atoms with Gasteiger partial charge in [0.05, 0.1) is 0 Å². The van der Waals surface area contributed by atoms with Gasteiger partial charge in [-0.05, 0) is 93.2 Å². The monoisotopic (exact) mass is 400 g/mol. The second kappa shape index (κ2) is 10.1. The number of Topliss-reactive ketones (excluding diaryl/α,β-unsaturated/α-hetero) is 1. The maximum Gasteiger partial charge on any atom is 0.166 e. The standard InChI is InChI=1S/C29H34O.H2/c1-2-8-23-16-20-28-27(21-23)19-18-26(29(28)30)14-7-10-22-9-6-13-25(17-15-22)24-11-4-3-5-12-24;/h1,4,9,11-12,16,20-21,25-26H,3,5-8,10,13-15,17-19H2;1H. The summed E-state index contributed by atoms with van der Waals surface area (Å²) in [6, 6.07) is 6.19. The third kappa shape index (κ3) is 5.04. The molecule has 1 aromatic carbocycles. The molecule has 2 atom stereocenters. The number of aryl methyl sites for hydroxylation is 1. The van der Waals surface area contributed by atoms with E-state index in [4.69, 9.17) is 6.42 Å². The molecule has 0 heterocycles. The van der Waals surface area contributed by atoms with E-state index in [2.05, 4.69) is 36.3 Å². The normalized spacial score (nSPS) is 23.8. The van der Waals surface area contributed by atoms with E-state index in [0.717, 1.165) is 42.7 Å². The molecule has 4 rings (SSSR count). The molecule has 0 saturated carbocycles. The minimum atomic E-state index is 0. The lowest BCUT2D eigenvalue weighted by Gasteiger charge is -2.24. The Balaban J connectivity index is 0.00000272. The lowest BCUT2D eigenvalue weighted by molar-refractivity contribution is 0.0893. The van der Waals surface area contributed by atoms with Crippen molar-refractivity contribution in [2.75, 3.05) is 0 Å². The van der Waals surface area contributed by atoms with Crippen LogP contribution in [0.25, 0.3) is 0 Å². The summed E-state index contributed by atoms with van der Waals surface area (Å²) < 4.78 is 0. The summed E-state index contributed by atoms with van der Waals surface area (Å²) in [5, 5.41) is 0. The molecule has 0 saturated heterocycles. The van der Waals surface area contributed by atoms with Crippen molar-refractivity contribution in [1.82, 2.24) is 0 Å². The predicted octanol–water partition coefficient (Wildman–Crippen LogP) is 7.42. The zero-order valence-electron chi connectivity index (χ0n) is 18.2. The Morgan fingerprint density at radius 2 is 2.00 bits per heavy atom. The highest BCUT2D eigenvalue weighted by Crippen LogP contribution is 2.34. The van der Waals surface area contributed by atoms with Gasteiger partial charge < -0.3 is 0 Å². The molecule has 0 N–H and O–H groups in total. The van der Waals surface area contributed by atoms with Gasteiger partial charge in [0.2, 0.25) is 0 Å². The maximum absolute atomic E-state index is 13.0. The molecular weight excluding hydrogens is 364 g/mol. The first-order chi connectivity index (χ1) is 14.7. The SMILES string of the molecule is C#CCc1ccc2c(c1)CCC(CCCC1=CCCC(C3=CCCC=C3)CC1)C2=O.[HH]. The van der Waals surface area contributed by atoms with Gasteiger partial charge >= 0.3 is 0 Å². The molecular formula is C29H36O. The van der Waals surface area contributed by atoms with Crippen LogP contribution in [0.2, 0.25) is 0 Å². The second-order valence-electron chi connectivity index (χ2n) is 9.22. The van der Waals surface area contributed by atoms with E-state index in [0.29, 0.717) is 12.2 Å². The largest absolute Gasteiger partial charge is 0.294 e. The van der Waals surface area contributed by atoms with Crippen LogP contribution >= 0.6 is 0 Å². The number of hydrogen-bond donors (Lipinski definition) is 0. The molecule has 0 aromatic heterocycles. The number of benzene rings is 1. The summed E-state index contributed by atoms with van der Waals surface area (Å²) in [6.07, 6.45) is 28.5. The van der Waals surface area contributed by atoms with Crippen molar-refractivity contribution in [2.24, 2.45) is 11.8 Å². The van der Waals surface area contributed by atoms with Gasteiger partial charge in [-0.1, -0.05) is 48.1 Å². The van der Waals surface area contributed by atoms with Gasteiger partial charge in [0, 0.05) is 19.3 Å². The number of carbonyl (C=O) groups is 1. The van der Waals surface area contributed by atoms with E-state index >= 15 is 0 Å². The summed E-state index contributed by atoms with van der Waals surface area (Å²) in [6.45, 7) is 0. The van der Waals surface area contributed by atoms with Crippen LogP contribution in [0.5, 0.6) is 0 Å². The number of carbonyl (C=O) groups excluding carboxylic acids is 1. The Labute approximate surface area is 183 Å². The summed E-state index contributed by atoms with van der Waals surface area (Å²) >= 11 is 0. The van der Waals surface area contributed by atoms with Gasteiger partial charge in [0.15, 0.2) is 5.78 Å². The van der Waals surface area contributed by atoms with Crippen LogP contribution in [0.1, 0.15) is 87.1 Å². The van der Waals surface area contributed by atoms with E-state index in [1.54, 1.807) is 11.1 Å². The first-order valence-electron chi connectivity index (χ1n) is 11.9. The third-order valence-electron chi connectivity index (χ3n) is 7.18. The van der Waals surface area contributed by atoms with E-state index < -0.39 is 0 Å². The molecule has 0 fully saturated rings. The summed E-state index contributed by atoms with van der Waals surface area (Å²) in [4.78, 5) is 13.0. The smallest absolute Gasteiger partial charge is 0.166 e. The molecule has 1 heteroatoms. The van der Waals surface area contributed by atoms with Crippen molar-refractivity contribution in [3.05, 3.63) is 70.3 Å². The van der Waals surface area contributed by atoms with Crippen LogP contribution in [0.3, 0.4) is 0 Å². The van der Waals surface area contributed by atoms with Crippen LogP contribution in [-0.4, -0.2) is 5.78 Å². The van der Waals surface area contributed by atoms with Crippen LogP contribution in [0.4, 0.5) is 0 Å². The summed E-state index contributed by atoms with van der Waals surface area (Å²) in [7, 11) is 0. The van der Waals surface area contributed by atoms with Crippen LogP contribution in [0.15, 0.2) is 53.6 Å². The van der Waals surface area contributed by atoms with Gasteiger partial charge in [0.25, 0.3) is 0 Å². The van der Waals surface area contributed by atoms with Crippen molar-refractivity contribution in [3.8, 4) is 12.3 Å². The molecule has 1 nitrogen and oxygen atoms in total. The van der Waals surface area contributed by atoms with Gasteiger partial charge in [0.1, 0.15) is 0 Å². The maximum atomic E-state index is 13.0. The molecule has 0 aliphatic heterocycles. The molecule has 0 bridgehead atoms. The van der Waals surface area contributed by atoms with Gasteiger partial charge in [-0.25, -0.2) is 0 Å². The molecule has 0 radical (unpaired) electrons. The van der Waals surface area contributed by atoms with Crippen LogP contribution in [-0.2, 0) is 12.8 Å². The molecule has 0 amide bonds. The Morgan fingerprint density at radius 3 is 2.83 bits per heavy atom. The Morgan fingerprint density at radius 1 is 1.07 bits per heavy atom. The quantitative estimate of drug-likeness (QED) is 0.359. The number of hydrogen-bond acceptors (Lipinski definition) is 1. The molecule has 1 aromatic rings. The molecule has 3 aliphatic carbocycles. The number of rotatable bonds is 6. The minimum absolute atomic E-state index is 0. The van der Waals surface area contributed by atoms with E-state index in [1.807, 2.05) is 12.1 Å². The molecule has 30 heavy (non-hydrogen) atoms. The fraction of sp³-hybridized carbons (Fsp3) is 0.483. The zero-order valence-corrected chi connectivity index (χ0v) is 18.2. The van der Waals surface area contributed by atoms with Crippen molar-refractivity contribution in [2.45, 2.75) is 77.0 Å².